The van der Waals surface area contributed by atoms with Crippen LogP contribution in [0.2, 0.25) is 0 Å². The molecule has 19 heavy (non-hydrogen) atoms. The third kappa shape index (κ3) is 6.26. The fraction of sp³-hybridized carbons (Fsp3) is 1.00. The van der Waals surface area contributed by atoms with Crippen molar-refractivity contribution in [1.29, 1.82) is 0 Å². The number of nitrogens with one attached hydrogen (secondary N) is 1. The van der Waals surface area contributed by atoms with Crippen molar-refractivity contribution in [1.82, 2.24) is 5.32 Å². The van der Waals surface area contributed by atoms with Crippen molar-refractivity contribution >= 4 is 9.84 Å². The van der Waals surface area contributed by atoms with E-state index in [4.69, 9.17) is 0 Å². The van der Waals surface area contributed by atoms with Gasteiger partial charge in [0, 0.05) is 6.04 Å². The fourth-order valence-electron chi connectivity index (χ4n) is 3.18. The molecule has 0 spiro atoms. The van der Waals surface area contributed by atoms with Gasteiger partial charge in [-0.05, 0) is 38.1 Å². The highest BCUT2D eigenvalue weighted by Gasteiger charge is 2.29. The van der Waals surface area contributed by atoms with Crippen molar-refractivity contribution in [2.45, 2.75) is 64.8 Å². The Morgan fingerprint density at radius 1 is 1.32 bits per heavy atom. The SMILES string of the molecule is CCCCC(CC)CC(CC1CCS(=O)(=O)C1)NC. The van der Waals surface area contributed by atoms with Gasteiger partial charge in [0.1, 0.15) is 0 Å². The lowest BCUT2D eigenvalue weighted by atomic mass is 9.88. The molecule has 1 saturated heterocycles. The Kier molecular flexibility index (Phi) is 7.37. The Labute approximate surface area is 119 Å². The standard InChI is InChI=1S/C15H31NO2S/c1-4-6-7-13(5-2)10-15(16-3)11-14-8-9-19(17,18)12-14/h13-16H,4-12H2,1-3H3. The molecule has 4 heteroatoms. The number of unbranched alkanes of at least 4 members (excludes halogenated alkanes) is 1. The van der Waals surface area contributed by atoms with Crippen LogP contribution in [0.3, 0.4) is 0 Å². The molecule has 1 rings (SSSR count). The maximum absolute atomic E-state index is 11.5. The number of hydrogen-bond donors (Lipinski definition) is 1. The zero-order valence-corrected chi connectivity index (χ0v) is 13.6. The molecule has 0 aromatic heterocycles. The first-order chi connectivity index (χ1) is 9.00. The van der Waals surface area contributed by atoms with E-state index in [0.29, 0.717) is 23.5 Å². The van der Waals surface area contributed by atoms with Crippen molar-refractivity contribution < 1.29 is 8.42 Å². The Balaban J connectivity index is 2.40. The highest BCUT2D eigenvalue weighted by molar-refractivity contribution is 7.91. The molecule has 114 valence electrons. The lowest BCUT2D eigenvalue weighted by molar-refractivity contribution is 0.322. The number of sulfone groups is 1. The zero-order valence-electron chi connectivity index (χ0n) is 12.8. The van der Waals surface area contributed by atoms with Crippen LogP contribution in [0.5, 0.6) is 0 Å². The molecule has 0 aliphatic carbocycles. The van der Waals surface area contributed by atoms with Crippen LogP contribution < -0.4 is 5.32 Å². The quantitative estimate of drug-likeness (QED) is 0.710. The highest BCUT2D eigenvalue weighted by Crippen LogP contribution is 2.26. The Bertz CT molecular complexity index is 340. The second-order valence-corrected chi connectivity index (χ2v) is 8.37. The summed E-state index contributed by atoms with van der Waals surface area (Å²) in [6.07, 6.45) is 8.22. The van der Waals surface area contributed by atoms with E-state index in [2.05, 4.69) is 19.2 Å². The predicted molar refractivity (Wildman–Crippen MR) is 82.1 cm³/mol. The molecular weight excluding hydrogens is 258 g/mol. The molecule has 3 atom stereocenters. The number of hydrogen-bond acceptors (Lipinski definition) is 3. The van der Waals surface area contributed by atoms with Gasteiger partial charge in [0.05, 0.1) is 11.5 Å². The molecule has 3 unspecified atom stereocenters. The first-order valence-electron chi connectivity index (χ1n) is 7.88. The van der Waals surface area contributed by atoms with Crippen molar-refractivity contribution in [2.24, 2.45) is 11.8 Å². The second kappa shape index (κ2) is 8.25. The minimum absolute atomic E-state index is 0.381. The molecule has 0 amide bonds. The van der Waals surface area contributed by atoms with Gasteiger partial charge in [-0.15, -0.1) is 0 Å². The molecule has 0 radical (unpaired) electrons. The van der Waals surface area contributed by atoms with Crippen LogP contribution in [0.15, 0.2) is 0 Å². The largest absolute Gasteiger partial charge is 0.317 e. The van der Waals surface area contributed by atoms with Gasteiger partial charge in [-0.2, -0.15) is 0 Å². The average molecular weight is 289 g/mol. The van der Waals surface area contributed by atoms with E-state index in [9.17, 15) is 8.42 Å². The van der Waals surface area contributed by atoms with Gasteiger partial charge in [-0.1, -0.05) is 39.5 Å². The van der Waals surface area contributed by atoms with Crippen LogP contribution in [0.1, 0.15) is 58.8 Å². The first-order valence-corrected chi connectivity index (χ1v) is 9.70. The summed E-state index contributed by atoms with van der Waals surface area (Å²) in [4.78, 5) is 0. The summed E-state index contributed by atoms with van der Waals surface area (Å²) in [5.41, 5.74) is 0. The summed E-state index contributed by atoms with van der Waals surface area (Å²) >= 11 is 0. The molecule has 0 aromatic carbocycles. The van der Waals surface area contributed by atoms with E-state index >= 15 is 0 Å². The predicted octanol–water partition coefficient (Wildman–Crippen LogP) is 3.01. The van der Waals surface area contributed by atoms with Crippen LogP contribution in [-0.2, 0) is 9.84 Å². The lowest BCUT2D eigenvalue weighted by Gasteiger charge is -2.24. The third-order valence-electron chi connectivity index (χ3n) is 4.51. The van der Waals surface area contributed by atoms with Crippen LogP contribution in [0.4, 0.5) is 0 Å². The molecule has 1 aliphatic rings. The Morgan fingerprint density at radius 2 is 2.05 bits per heavy atom. The average Bonchev–Trinajstić information content (AvgIpc) is 2.72. The molecule has 0 bridgehead atoms. The first kappa shape index (κ1) is 17.0. The smallest absolute Gasteiger partial charge is 0.150 e. The summed E-state index contributed by atoms with van der Waals surface area (Å²) in [5, 5.41) is 3.40. The van der Waals surface area contributed by atoms with Gasteiger partial charge in [0.25, 0.3) is 0 Å². The molecular formula is C15H31NO2S. The van der Waals surface area contributed by atoms with Crippen LogP contribution in [0, 0.1) is 11.8 Å². The van der Waals surface area contributed by atoms with E-state index in [0.717, 1.165) is 18.8 Å². The number of rotatable bonds is 9. The zero-order chi connectivity index (χ0) is 14.3. The normalized spacial score (nSPS) is 25.3. The van der Waals surface area contributed by atoms with Crippen molar-refractivity contribution in [3.63, 3.8) is 0 Å². The van der Waals surface area contributed by atoms with E-state index in [1.54, 1.807) is 0 Å². The van der Waals surface area contributed by atoms with E-state index in [1.807, 2.05) is 7.05 Å². The molecule has 1 N–H and O–H groups in total. The van der Waals surface area contributed by atoms with Crippen molar-refractivity contribution in [3.05, 3.63) is 0 Å². The third-order valence-corrected chi connectivity index (χ3v) is 6.35. The van der Waals surface area contributed by atoms with E-state index in [1.165, 1.54) is 32.1 Å². The summed E-state index contributed by atoms with van der Waals surface area (Å²) in [6, 6.07) is 0.486. The van der Waals surface area contributed by atoms with Gasteiger partial charge >= 0.3 is 0 Å². The molecule has 1 heterocycles. The minimum Gasteiger partial charge on any atom is -0.317 e. The van der Waals surface area contributed by atoms with Crippen molar-refractivity contribution in [3.8, 4) is 0 Å². The second-order valence-electron chi connectivity index (χ2n) is 6.14. The molecule has 1 aliphatic heterocycles. The van der Waals surface area contributed by atoms with Crippen LogP contribution >= 0.6 is 0 Å². The van der Waals surface area contributed by atoms with E-state index < -0.39 is 9.84 Å². The van der Waals surface area contributed by atoms with Gasteiger partial charge < -0.3 is 5.32 Å². The van der Waals surface area contributed by atoms with Gasteiger partial charge in [-0.25, -0.2) is 8.42 Å². The molecule has 0 saturated carbocycles. The monoisotopic (exact) mass is 289 g/mol. The highest BCUT2D eigenvalue weighted by atomic mass is 32.2. The lowest BCUT2D eigenvalue weighted by Crippen LogP contribution is -2.30. The Hall–Kier alpha value is -0.0900. The van der Waals surface area contributed by atoms with Gasteiger partial charge in [0.15, 0.2) is 9.84 Å². The summed E-state index contributed by atoms with van der Waals surface area (Å²) in [7, 11) is -0.711. The fourth-order valence-corrected chi connectivity index (χ4v) is 5.06. The molecule has 1 fully saturated rings. The Morgan fingerprint density at radius 3 is 2.53 bits per heavy atom. The maximum atomic E-state index is 11.5. The summed E-state index contributed by atoms with van der Waals surface area (Å²) in [5.74, 6) is 1.99. The summed E-state index contributed by atoms with van der Waals surface area (Å²) < 4.78 is 23.0. The molecule has 3 nitrogen and oxygen atoms in total. The van der Waals surface area contributed by atoms with E-state index in [-0.39, 0.29) is 0 Å². The minimum atomic E-state index is -2.73. The van der Waals surface area contributed by atoms with Crippen LogP contribution in [0.25, 0.3) is 0 Å². The van der Waals surface area contributed by atoms with Gasteiger partial charge in [-0.3, -0.25) is 0 Å². The van der Waals surface area contributed by atoms with Crippen molar-refractivity contribution in [2.75, 3.05) is 18.6 Å². The van der Waals surface area contributed by atoms with Crippen LogP contribution in [-0.4, -0.2) is 33.0 Å². The molecule has 0 aromatic rings. The topological polar surface area (TPSA) is 46.2 Å². The summed E-state index contributed by atoms with van der Waals surface area (Å²) in [6.45, 7) is 4.51. The van der Waals surface area contributed by atoms with Gasteiger partial charge in [0.2, 0.25) is 0 Å². The maximum Gasteiger partial charge on any atom is 0.150 e.